The normalized spacial score (nSPS) is 16.8. The molecule has 0 radical (unpaired) electrons. The second kappa shape index (κ2) is 6.06. The molecule has 0 saturated heterocycles. The summed E-state index contributed by atoms with van der Waals surface area (Å²) in [6.45, 7) is 2.99. The molecule has 2 rings (SSSR count). The molecule has 0 aliphatic heterocycles. The summed E-state index contributed by atoms with van der Waals surface area (Å²) in [4.78, 5) is 0. The summed E-state index contributed by atoms with van der Waals surface area (Å²) in [5.74, 6) is 1.82. The van der Waals surface area contributed by atoms with Gasteiger partial charge in [0.2, 0.25) is 0 Å². The molecule has 0 spiro atoms. The minimum Gasteiger partial charge on any atom is -0.492 e. The number of ether oxygens (including phenoxy) is 1. The quantitative estimate of drug-likeness (QED) is 0.781. The standard InChI is InChI=1S/C15H23NO/c1-3-4-12-5-9-14(10-6-12)17-11-15(16-2)13-7-8-13/h5-6,9-10,13,15-16H,3-4,7-8,11H2,1-2H3. The zero-order valence-corrected chi connectivity index (χ0v) is 10.9. The van der Waals surface area contributed by atoms with E-state index < -0.39 is 0 Å². The van der Waals surface area contributed by atoms with Crippen molar-refractivity contribution in [1.29, 1.82) is 0 Å². The Balaban J connectivity index is 1.81. The van der Waals surface area contributed by atoms with E-state index in [2.05, 4.69) is 36.5 Å². The molecule has 1 unspecified atom stereocenters. The van der Waals surface area contributed by atoms with Gasteiger partial charge in [-0.3, -0.25) is 0 Å². The Bertz CT molecular complexity index is 329. The van der Waals surface area contributed by atoms with Crippen LogP contribution in [0.5, 0.6) is 5.75 Å². The third-order valence-electron chi connectivity index (χ3n) is 3.45. The molecule has 1 aromatic rings. The molecule has 1 aliphatic carbocycles. The molecule has 1 N–H and O–H groups in total. The number of likely N-dealkylation sites (N-methyl/N-ethyl adjacent to an activating group) is 1. The van der Waals surface area contributed by atoms with Gasteiger partial charge in [-0.25, -0.2) is 0 Å². The Morgan fingerprint density at radius 2 is 2.00 bits per heavy atom. The fourth-order valence-electron chi connectivity index (χ4n) is 2.18. The van der Waals surface area contributed by atoms with Crippen molar-refractivity contribution < 1.29 is 4.74 Å². The zero-order valence-electron chi connectivity index (χ0n) is 10.9. The Kier molecular flexibility index (Phi) is 4.43. The number of hydrogen-bond donors (Lipinski definition) is 1. The van der Waals surface area contributed by atoms with Crippen LogP contribution in [0.1, 0.15) is 31.7 Å². The molecule has 1 atom stereocenters. The summed E-state index contributed by atoms with van der Waals surface area (Å²) in [6.07, 6.45) is 5.06. The lowest BCUT2D eigenvalue weighted by atomic mass is 10.1. The first kappa shape index (κ1) is 12.4. The lowest BCUT2D eigenvalue weighted by Crippen LogP contribution is -2.33. The van der Waals surface area contributed by atoms with Crippen molar-refractivity contribution in [3.05, 3.63) is 29.8 Å². The van der Waals surface area contributed by atoms with Crippen LogP contribution in [0.2, 0.25) is 0 Å². The number of benzene rings is 1. The lowest BCUT2D eigenvalue weighted by molar-refractivity contribution is 0.256. The van der Waals surface area contributed by atoms with Gasteiger partial charge in [0.05, 0.1) is 0 Å². The Hall–Kier alpha value is -1.02. The van der Waals surface area contributed by atoms with E-state index in [4.69, 9.17) is 4.74 Å². The molecule has 2 heteroatoms. The van der Waals surface area contributed by atoms with Crippen LogP contribution in [-0.2, 0) is 6.42 Å². The fourth-order valence-corrected chi connectivity index (χ4v) is 2.18. The van der Waals surface area contributed by atoms with Gasteiger partial charge in [0.25, 0.3) is 0 Å². The highest BCUT2D eigenvalue weighted by Gasteiger charge is 2.30. The van der Waals surface area contributed by atoms with E-state index in [0.717, 1.165) is 24.7 Å². The highest BCUT2D eigenvalue weighted by atomic mass is 16.5. The van der Waals surface area contributed by atoms with Crippen molar-refractivity contribution in [3.8, 4) is 5.75 Å². The van der Waals surface area contributed by atoms with Crippen molar-refractivity contribution in [1.82, 2.24) is 5.32 Å². The first-order chi connectivity index (χ1) is 8.33. The molecule has 0 amide bonds. The van der Waals surface area contributed by atoms with Crippen LogP contribution < -0.4 is 10.1 Å². The van der Waals surface area contributed by atoms with E-state index in [1.165, 1.54) is 24.8 Å². The topological polar surface area (TPSA) is 21.3 Å². The predicted octanol–water partition coefficient (Wildman–Crippen LogP) is 3.02. The molecule has 1 aliphatic rings. The van der Waals surface area contributed by atoms with Crippen LogP contribution in [0.15, 0.2) is 24.3 Å². The second-order valence-electron chi connectivity index (χ2n) is 4.94. The van der Waals surface area contributed by atoms with E-state index >= 15 is 0 Å². The van der Waals surface area contributed by atoms with Gasteiger partial charge in [-0.05, 0) is 49.9 Å². The smallest absolute Gasteiger partial charge is 0.119 e. The van der Waals surface area contributed by atoms with Crippen molar-refractivity contribution in [3.63, 3.8) is 0 Å². The van der Waals surface area contributed by atoms with Crippen molar-refractivity contribution in [2.75, 3.05) is 13.7 Å². The molecule has 1 aromatic carbocycles. The van der Waals surface area contributed by atoms with Gasteiger partial charge < -0.3 is 10.1 Å². The molecule has 1 saturated carbocycles. The summed E-state index contributed by atoms with van der Waals surface area (Å²) in [5.41, 5.74) is 1.40. The predicted molar refractivity (Wildman–Crippen MR) is 71.5 cm³/mol. The van der Waals surface area contributed by atoms with Crippen molar-refractivity contribution in [2.45, 2.75) is 38.6 Å². The molecular weight excluding hydrogens is 210 g/mol. The third-order valence-corrected chi connectivity index (χ3v) is 3.45. The maximum absolute atomic E-state index is 5.83. The summed E-state index contributed by atoms with van der Waals surface area (Å²) >= 11 is 0. The summed E-state index contributed by atoms with van der Waals surface area (Å²) < 4.78 is 5.83. The summed E-state index contributed by atoms with van der Waals surface area (Å²) in [7, 11) is 2.02. The number of rotatable bonds is 7. The summed E-state index contributed by atoms with van der Waals surface area (Å²) in [5, 5.41) is 3.34. The minimum absolute atomic E-state index is 0.519. The van der Waals surface area contributed by atoms with Crippen LogP contribution in [0.3, 0.4) is 0 Å². The van der Waals surface area contributed by atoms with E-state index in [-0.39, 0.29) is 0 Å². The molecular formula is C15H23NO. The highest BCUT2D eigenvalue weighted by Crippen LogP contribution is 2.32. The van der Waals surface area contributed by atoms with Crippen LogP contribution in [0.4, 0.5) is 0 Å². The molecule has 0 aromatic heterocycles. The first-order valence-corrected chi connectivity index (χ1v) is 6.72. The van der Waals surface area contributed by atoms with Crippen molar-refractivity contribution >= 4 is 0 Å². The maximum atomic E-state index is 5.83. The van der Waals surface area contributed by atoms with Gasteiger partial charge in [-0.2, -0.15) is 0 Å². The monoisotopic (exact) mass is 233 g/mol. The Morgan fingerprint density at radius 3 is 2.53 bits per heavy atom. The molecule has 0 heterocycles. The maximum Gasteiger partial charge on any atom is 0.119 e. The van der Waals surface area contributed by atoms with E-state index in [1.807, 2.05) is 7.05 Å². The van der Waals surface area contributed by atoms with E-state index in [0.29, 0.717) is 6.04 Å². The molecule has 17 heavy (non-hydrogen) atoms. The van der Waals surface area contributed by atoms with Crippen LogP contribution in [0, 0.1) is 5.92 Å². The van der Waals surface area contributed by atoms with E-state index in [9.17, 15) is 0 Å². The Morgan fingerprint density at radius 1 is 1.29 bits per heavy atom. The van der Waals surface area contributed by atoms with Crippen LogP contribution >= 0.6 is 0 Å². The SMILES string of the molecule is CCCc1ccc(OCC(NC)C2CC2)cc1. The zero-order chi connectivity index (χ0) is 12.1. The average molecular weight is 233 g/mol. The van der Waals surface area contributed by atoms with Crippen LogP contribution in [0.25, 0.3) is 0 Å². The molecule has 1 fully saturated rings. The highest BCUT2D eigenvalue weighted by molar-refractivity contribution is 5.27. The van der Waals surface area contributed by atoms with Gasteiger partial charge in [0.1, 0.15) is 12.4 Å². The molecule has 94 valence electrons. The third kappa shape index (κ3) is 3.74. The van der Waals surface area contributed by atoms with Gasteiger partial charge in [0.15, 0.2) is 0 Å². The van der Waals surface area contributed by atoms with Crippen LogP contribution in [-0.4, -0.2) is 19.7 Å². The fraction of sp³-hybridized carbons (Fsp3) is 0.600. The van der Waals surface area contributed by atoms with Gasteiger partial charge >= 0.3 is 0 Å². The molecule has 0 bridgehead atoms. The van der Waals surface area contributed by atoms with Gasteiger partial charge in [-0.15, -0.1) is 0 Å². The van der Waals surface area contributed by atoms with Crippen molar-refractivity contribution in [2.24, 2.45) is 5.92 Å². The minimum atomic E-state index is 0.519. The molecule has 2 nitrogen and oxygen atoms in total. The summed E-state index contributed by atoms with van der Waals surface area (Å²) in [6, 6.07) is 9.04. The first-order valence-electron chi connectivity index (χ1n) is 6.72. The van der Waals surface area contributed by atoms with Gasteiger partial charge in [-0.1, -0.05) is 25.5 Å². The Labute approximate surface area is 104 Å². The largest absolute Gasteiger partial charge is 0.492 e. The average Bonchev–Trinajstić information content (AvgIpc) is 3.17. The number of hydrogen-bond acceptors (Lipinski definition) is 2. The number of nitrogens with one attached hydrogen (secondary N) is 1. The van der Waals surface area contributed by atoms with E-state index in [1.54, 1.807) is 0 Å². The second-order valence-corrected chi connectivity index (χ2v) is 4.94. The number of aryl methyl sites for hydroxylation is 1. The van der Waals surface area contributed by atoms with Gasteiger partial charge in [0, 0.05) is 6.04 Å². The lowest BCUT2D eigenvalue weighted by Gasteiger charge is -2.16.